The van der Waals surface area contributed by atoms with Gasteiger partial charge in [0.15, 0.2) is 0 Å². The van der Waals surface area contributed by atoms with Crippen LogP contribution in [-0.2, 0) is 0 Å². The van der Waals surface area contributed by atoms with E-state index in [1.807, 2.05) is 0 Å². The van der Waals surface area contributed by atoms with E-state index in [0.717, 1.165) is 23.3 Å². The average molecular weight is 207 g/mol. The van der Waals surface area contributed by atoms with E-state index in [2.05, 4.69) is 18.9 Å². The second kappa shape index (κ2) is 3.48. The van der Waals surface area contributed by atoms with Gasteiger partial charge < -0.3 is 4.90 Å². The average Bonchev–Trinajstić information content (AvgIpc) is 2.85. The predicted octanol–water partition coefficient (Wildman–Crippen LogP) is 3.30. The molecule has 1 aliphatic heterocycles. The van der Waals surface area contributed by atoms with Gasteiger partial charge >= 0.3 is 0 Å². The zero-order valence-corrected chi connectivity index (χ0v) is 10.3. The maximum Gasteiger partial charge on any atom is 0.00699 e. The van der Waals surface area contributed by atoms with Crippen molar-refractivity contribution in [1.82, 2.24) is 4.90 Å². The first-order valence-electron chi connectivity index (χ1n) is 6.91. The molecule has 3 aliphatic rings. The highest BCUT2D eigenvalue weighted by Crippen LogP contribution is 2.64. The monoisotopic (exact) mass is 207 g/mol. The molecule has 0 amide bonds. The van der Waals surface area contributed by atoms with Gasteiger partial charge in [0, 0.05) is 12.6 Å². The quantitative estimate of drug-likeness (QED) is 0.637. The van der Waals surface area contributed by atoms with Gasteiger partial charge in [0.1, 0.15) is 0 Å². The maximum atomic E-state index is 2.59. The minimum atomic E-state index is 0.788. The predicted molar refractivity (Wildman–Crippen MR) is 63.8 cm³/mol. The minimum absolute atomic E-state index is 0.788. The van der Waals surface area contributed by atoms with Crippen LogP contribution in [0.3, 0.4) is 0 Å². The zero-order chi connectivity index (χ0) is 10.5. The van der Waals surface area contributed by atoms with Gasteiger partial charge in [-0.1, -0.05) is 32.1 Å². The van der Waals surface area contributed by atoms with Crippen molar-refractivity contribution in [2.45, 2.75) is 57.9 Å². The van der Waals surface area contributed by atoms with Gasteiger partial charge in [0.05, 0.1) is 0 Å². The molecule has 1 saturated heterocycles. The number of hydrogen-bond acceptors (Lipinski definition) is 1. The fourth-order valence-corrected chi connectivity index (χ4v) is 4.46. The van der Waals surface area contributed by atoms with Gasteiger partial charge in [0.2, 0.25) is 0 Å². The molecule has 0 aromatic rings. The Morgan fingerprint density at radius 2 is 1.80 bits per heavy atom. The van der Waals surface area contributed by atoms with Gasteiger partial charge in [-0.3, -0.25) is 0 Å². The lowest BCUT2D eigenvalue weighted by Gasteiger charge is -2.23. The van der Waals surface area contributed by atoms with Gasteiger partial charge in [-0.05, 0) is 44.1 Å². The number of nitrogens with zero attached hydrogens (tertiary/aromatic N) is 1. The zero-order valence-electron chi connectivity index (χ0n) is 10.3. The Labute approximate surface area is 94.2 Å². The van der Waals surface area contributed by atoms with E-state index >= 15 is 0 Å². The summed E-state index contributed by atoms with van der Waals surface area (Å²) < 4.78 is 0. The molecule has 1 nitrogen and oxygen atoms in total. The lowest BCUT2D eigenvalue weighted by atomic mass is 9.82. The molecule has 15 heavy (non-hydrogen) atoms. The summed E-state index contributed by atoms with van der Waals surface area (Å²) in [6.45, 7) is 3.81. The summed E-state index contributed by atoms with van der Waals surface area (Å²) in [7, 11) is 2.32. The molecule has 1 heterocycles. The third-order valence-electron chi connectivity index (χ3n) is 5.49. The smallest absolute Gasteiger partial charge is 0.00699 e. The summed E-state index contributed by atoms with van der Waals surface area (Å²) in [5, 5.41) is 0. The number of likely N-dealkylation sites (tertiary alicyclic amines) is 1. The number of rotatable bonds is 1. The van der Waals surface area contributed by atoms with Crippen LogP contribution in [0.25, 0.3) is 0 Å². The molecule has 3 fully saturated rings. The Kier molecular flexibility index (Phi) is 2.35. The van der Waals surface area contributed by atoms with Crippen molar-refractivity contribution in [2.24, 2.45) is 17.3 Å². The van der Waals surface area contributed by atoms with E-state index in [1.54, 1.807) is 19.3 Å². The Bertz CT molecular complexity index is 232. The van der Waals surface area contributed by atoms with E-state index in [0.29, 0.717) is 0 Å². The van der Waals surface area contributed by atoms with E-state index in [4.69, 9.17) is 0 Å². The lowest BCUT2D eigenvalue weighted by molar-refractivity contribution is 0.272. The molecule has 0 bridgehead atoms. The topological polar surface area (TPSA) is 3.24 Å². The van der Waals surface area contributed by atoms with Crippen molar-refractivity contribution in [3.8, 4) is 0 Å². The summed E-state index contributed by atoms with van der Waals surface area (Å²) in [6.07, 6.45) is 10.7. The van der Waals surface area contributed by atoms with Crippen LogP contribution < -0.4 is 0 Å². The van der Waals surface area contributed by atoms with Crippen molar-refractivity contribution < 1.29 is 0 Å². The molecular weight excluding hydrogens is 182 g/mol. The summed E-state index contributed by atoms with van der Waals surface area (Å²) in [5.74, 6) is 2.22. The maximum absolute atomic E-state index is 2.59. The minimum Gasteiger partial charge on any atom is -0.303 e. The van der Waals surface area contributed by atoms with Crippen LogP contribution >= 0.6 is 0 Å². The van der Waals surface area contributed by atoms with Crippen LogP contribution in [-0.4, -0.2) is 24.5 Å². The van der Waals surface area contributed by atoms with Crippen LogP contribution in [0.5, 0.6) is 0 Å². The summed E-state index contributed by atoms with van der Waals surface area (Å²) in [5.41, 5.74) is 0.788. The van der Waals surface area contributed by atoms with Gasteiger partial charge in [-0.15, -0.1) is 0 Å². The molecule has 2 unspecified atom stereocenters. The standard InChI is InChI=1S/C14H25N/c1-11-8-14(10-15(11)2)9-13(14)12-6-4-3-5-7-12/h11-13H,3-10H2,1-2H3/t11?,13?,14-/m0/s1. The van der Waals surface area contributed by atoms with Crippen LogP contribution in [0.1, 0.15) is 51.9 Å². The van der Waals surface area contributed by atoms with Gasteiger partial charge in [-0.25, -0.2) is 0 Å². The van der Waals surface area contributed by atoms with Crippen molar-refractivity contribution in [3.05, 3.63) is 0 Å². The molecule has 1 heteroatoms. The highest BCUT2D eigenvalue weighted by Gasteiger charge is 2.60. The SMILES string of the molecule is CC1C[C@]2(CC2C2CCCCC2)CN1C. The second-order valence-corrected chi connectivity index (χ2v) is 6.54. The highest BCUT2D eigenvalue weighted by molar-refractivity contribution is 5.11. The molecule has 86 valence electrons. The Morgan fingerprint density at radius 1 is 1.07 bits per heavy atom. The molecule has 3 rings (SSSR count). The van der Waals surface area contributed by atoms with E-state index in [1.165, 1.54) is 32.2 Å². The normalized spacial score (nSPS) is 47.6. The molecule has 3 atom stereocenters. The highest BCUT2D eigenvalue weighted by atomic mass is 15.2. The van der Waals surface area contributed by atoms with Crippen molar-refractivity contribution in [2.75, 3.05) is 13.6 Å². The molecule has 2 aliphatic carbocycles. The van der Waals surface area contributed by atoms with E-state index < -0.39 is 0 Å². The largest absolute Gasteiger partial charge is 0.303 e. The first kappa shape index (κ1) is 10.1. The molecule has 0 aromatic heterocycles. The third kappa shape index (κ3) is 1.63. The van der Waals surface area contributed by atoms with Crippen LogP contribution in [0, 0.1) is 17.3 Å². The first-order chi connectivity index (χ1) is 7.21. The van der Waals surface area contributed by atoms with Crippen molar-refractivity contribution in [3.63, 3.8) is 0 Å². The molecule has 0 radical (unpaired) electrons. The summed E-state index contributed by atoms with van der Waals surface area (Å²) >= 11 is 0. The van der Waals surface area contributed by atoms with E-state index in [9.17, 15) is 0 Å². The summed E-state index contributed by atoms with van der Waals surface area (Å²) in [4.78, 5) is 2.59. The summed E-state index contributed by atoms with van der Waals surface area (Å²) in [6, 6.07) is 0.846. The first-order valence-corrected chi connectivity index (χ1v) is 6.91. The van der Waals surface area contributed by atoms with Crippen LogP contribution in [0.2, 0.25) is 0 Å². The molecule has 1 spiro atoms. The lowest BCUT2D eigenvalue weighted by Crippen LogP contribution is -2.22. The molecular formula is C14H25N. The Morgan fingerprint density at radius 3 is 2.40 bits per heavy atom. The third-order valence-corrected chi connectivity index (χ3v) is 5.49. The van der Waals surface area contributed by atoms with Crippen molar-refractivity contribution in [1.29, 1.82) is 0 Å². The van der Waals surface area contributed by atoms with E-state index in [-0.39, 0.29) is 0 Å². The molecule has 0 N–H and O–H groups in total. The van der Waals surface area contributed by atoms with Crippen molar-refractivity contribution >= 4 is 0 Å². The number of hydrogen-bond donors (Lipinski definition) is 0. The van der Waals surface area contributed by atoms with Gasteiger partial charge in [0.25, 0.3) is 0 Å². The van der Waals surface area contributed by atoms with Crippen LogP contribution in [0.4, 0.5) is 0 Å². The fourth-order valence-electron chi connectivity index (χ4n) is 4.46. The Hall–Kier alpha value is -0.0400. The molecule has 0 aromatic carbocycles. The second-order valence-electron chi connectivity index (χ2n) is 6.54. The molecule has 2 saturated carbocycles. The fraction of sp³-hybridized carbons (Fsp3) is 1.00. The Balaban J connectivity index is 1.63. The van der Waals surface area contributed by atoms with Crippen LogP contribution in [0.15, 0.2) is 0 Å². The van der Waals surface area contributed by atoms with Gasteiger partial charge in [-0.2, -0.15) is 0 Å².